The number of hydrogen-bond acceptors (Lipinski definition) is 3. The van der Waals surface area contributed by atoms with Crippen LogP contribution in [0.4, 0.5) is 0 Å². The summed E-state index contributed by atoms with van der Waals surface area (Å²) in [5, 5.41) is 2.10. The third-order valence-electron chi connectivity index (χ3n) is 3.64. The first-order chi connectivity index (χ1) is 8.77. The highest BCUT2D eigenvalue weighted by Gasteiger charge is 2.38. The lowest BCUT2D eigenvalue weighted by Crippen LogP contribution is -2.26. The van der Waals surface area contributed by atoms with Crippen LogP contribution >= 0.6 is 11.3 Å². The van der Waals surface area contributed by atoms with Crippen molar-refractivity contribution in [3.8, 4) is 0 Å². The highest BCUT2D eigenvalue weighted by Crippen LogP contribution is 2.42. The second-order valence-electron chi connectivity index (χ2n) is 4.74. The van der Waals surface area contributed by atoms with Gasteiger partial charge in [0.15, 0.2) is 0 Å². The van der Waals surface area contributed by atoms with Crippen LogP contribution in [0.5, 0.6) is 0 Å². The Morgan fingerprint density at radius 2 is 1.89 bits per heavy atom. The molecule has 0 bridgehead atoms. The number of likely N-dealkylation sites (N-methyl/N-ethyl adjacent to an activating group) is 1. The third kappa shape index (κ3) is 1.99. The van der Waals surface area contributed by atoms with Crippen molar-refractivity contribution in [2.75, 3.05) is 7.05 Å². The number of rotatable bonds is 2. The second-order valence-corrected chi connectivity index (χ2v) is 5.72. The minimum absolute atomic E-state index is 0.0882. The van der Waals surface area contributed by atoms with Gasteiger partial charge < -0.3 is 4.74 Å². The molecule has 0 amide bonds. The summed E-state index contributed by atoms with van der Waals surface area (Å²) < 4.78 is 6.25. The summed E-state index contributed by atoms with van der Waals surface area (Å²) in [4.78, 5) is 3.59. The molecule has 0 N–H and O–H groups in total. The number of benzene rings is 1. The van der Waals surface area contributed by atoms with Crippen LogP contribution in [-0.2, 0) is 4.74 Å². The van der Waals surface area contributed by atoms with Crippen LogP contribution in [-0.4, -0.2) is 18.0 Å². The van der Waals surface area contributed by atoms with Crippen LogP contribution in [0, 0.1) is 0 Å². The van der Waals surface area contributed by atoms with E-state index in [0.29, 0.717) is 6.04 Å². The first kappa shape index (κ1) is 11.9. The number of ether oxygens (including phenoxy) is 1. The molecule has 0 radical (unpaired) electrons. The van der Waals surface area contributed by atoms with Gasteiger partial charge in [0.2, 0.25) is 0 Å². The Hall–Kier alpha value is -1.16. The molecule has 2 nitrogen and oxygen atoms in total. The van der Waals surface area contributed by atoms with Crippen molar-refractivity contribution in [2.45, 2.75) is 25.3 Å². The van der Waals surface area contributed by atoms with E-state index in [2.05, 4.69) is 60.6 Å². The van der Waals surface area contributed by atoms with Gasteiger partial charge in [-0.2, -0.15) is 0 Å². The van der Waals surface area contributed by atoms with E-state index in [1.165, 1.54) is 10.4 Å². The van der Waals surface area contributed by atoms with Crippen LogP contribution in [0.15, 0.2) is 47.8 Å². The van der Waals surface area contributed by atoms with Crippen LogP contribution < -0.4 is 0 Å². The summed E-state index contributed by atoms with van der Waals surface area (Å²) in [5.41, 5.74) is 1.26. The molecular weight excluding hydrogens is 242 g/mol. The first-order valence-electron chi connectivity index (χ1n) is 6.23. The standard InChI is InChI=1S/C15H17NOS/c1-11-14(12-7-4-3-5-8-12)17-15(16(11)2)13-9-6-10-18-13/h3-11,14-15H,1-2H3/t11-,14+,15+/m1/s1. The Balaban J connectivity index is 1.87. The van der Waals surface area contributed by atoms with E-state index in [1.807, 2.05) is 6.07 Å². The molecule has 1 aliphatic rings. The van der Waals surface area contributed by atoms with Crippen molar-refractivity contribution in [2.24, 2.45) is 0 Å². The van der Waals surface area contributed by atoms with E-state index >= 15 is 0 Å². The molecule has 1 aliphatic heterocycles. The molecule has 3 heteroatoms. The normalized spacial score (nSPS) is 28.7. The molecule has 94 valence electrons. The largest absolute Gasteiger partial charge is 0.348 e. The Morgan fingerprint density at radius 3 is 2.56 bits per heavy atom. The van der Waals surface area contributed by atoms with Crippen LogP contribution in [0.3, 0.4) is 0 Å². The first-order valence-corrected chi connectivity index (χ1v) is 7.11. The fourth-order valence-corrected chi connectivity index (χ4v) is 3.28. The van der Waals surface area contributed by atoms with Gasteiger partial charge in [0, 0.05) is 10.9 Å². The van der Waals surface area contributed by atoms with Crippen molar-refractivity contribution in [3.63, 3.8) is 0 Å². The van der Waals surface area contributed by atoms with E-state index in [4.69, 9.17) is 4.74 Å². The summed E-state index contributed by atoms with van der Waals surface area (Å²) in [5.74, 6) is 0. The van der Waals surface area contributed by atoms with Crippen LogP contribution in [0.25, 0.3) is 0 Å². The molecule has 0 unspecified atom stereocenters. The summed E-state index contributed by atoms with van der Waals surface area (Å²) in [6.07, 6.45) is 0.244. The summed E-state index contributed by atoms with van der Waals surface area (Å²) in [7, 11) is 2.14. The molecule has 2 aromatic rings. The zero-order chi connectivity index (χ0) is 12.5. The maximum absolute atomic E-state index is 6.25. The molecule has 0 aliphatic carbocycles. The number of nitrogens with zero attached hydrogens (tertiary/aromatic N) is 1. The average Bonchev–Trinajstić information content (AvgIpc) is 3.01. The number of thiophene rings is 1. The van der Waals surface area contributed by atoms with Crippen LogP contribution in [0.2, 0.25) is 0 Å². The van der Waals surface area contributed by atoms with Crippen molar-refractivity contribution in [1.29, 1.82) is 0 Å². The zero-order valence-corrected chi connectivity index (χ0v) is 11.4. The van der Waals surface area contributed by atoms with Gasteiger partial charge >= 0.3 is 0 Å². The topological polar surface area (TPSA) is 12.5 Å². The fourth-order valence-electron chi connectivity index (χ4n) is 2.48. The molecule has 1 fully saturated rings. The molecule has 0 saturated carbocycles. The van der Waals surface area contributed by atoms with E-state index in [1.54, 1.807) is 11.3 Å². The molecule has 3 atom stereocenters. The van der Waals surface area contributed by atoms with E-state index in [0.717, 1.165) is 0 Å². The Labute approximate surface area is 112 Å². The minimum atomic E-state index is 0.0882. The van der Waals surface area contributed by atoms with Crippen molar-refractivity contribution >= 4 is 11.3 Å². The lowest BCUT2D eigenvalue weighted by molar-refractivity contribution is 0.00809. The monoisotopic (exact) mass is 259 g/mol. The zero-order valence-electron chi connectivity index (χ0n) is 10.6. The molecular formula is C15H17NOS. The molecule has 1 saturated heterocycles. The molecule has 1 aromatic carbocycles. The smallest absolute Gasteiger partial charge is 0.147 e. The second kappa shape index (κ2) is 4.84. The highest BCUT2D eigenvalue weighted by atomic mass is 32.1. The van der Waals surface area contributed by atoms with Gasteiger partial charge in [-0.05, 0) is 31.0 Å². The minimum Gasteiger partial charge on any atom is -0.348 e. The van der Waals surface area contributed by atoms with Gasteiger partial charge in [-0.3, -0.25) is 4.90 Å². The van der Waals surface area contributed by atoms with Crippen molar-refractivity contribution in [1.82, 2.24) is 4.90 Å². The van der Waals surface area contributed by atoms with Gasteiger partial charge in [0.25, 0.3) is 0 Å². The Kier molecular flexibility index (Phi) is 3.20. The quantitative estimate of drug-likeness (QED) is 0.812. The molecule has 18 heavy (non-hydrogen) atoms. The predicted molar refractivity (Wildman–Crippen MR) is 74.6 cm³/mol. The fraction of sp³-hybridized carbons (Fsp3) is 0.333. The SMILES string of the molecule is C[C@@H]1[C@@H](c2ccccc2)O[C@@H](c2cccs2)N1C. The molecule has 3 rings (SSSR count). The van der Waals surface area contributed by atoms with E-state index in [-0.39, 0.29) is 12.3 Å². The molecule has 1 aromatic heterocycles. The summed E-state index contributed by atoms with van der Waals surface area (Å²) >= 11 is 1.76. The summed E-state index contributed by atoms with van der Waals surface area (Å²) in [6, 6.07) is 15.1. The number of hydrogen-bond donors (Lipinski definition) is 0. The van der Waals surface area contributed by atoms with E-state index < -0.39 is 0 Å². The van der Waals surface area contributed by atoms with Gasteiger partial charge in [-0.25, -0.2) is 0 Å². The van der Waals surface area contributed by atoms with Crippen LogP contribution in [0.1, 0.15) is 29.7 Å². The van der Waals surface area contributed by atoms with E-state index in [9.17, 15) is 0 Å². The van der Waals surface area contributed by atoms with Crippen molar-refractivity contribution in [3.05, 3.63) is 58.3 Å². The lowest BCUT2D eigenvalue weighted by atomic mass is 10.0. The average molecular weight is 259 g/mol. The van der Waals surface area contributed by atoms with Gasteiger partial charge in [0.1, 0.15) is 12.3 Å². The summed E-state index contributed by atoms with van der Waals surface area (Å²) in [6.45, 7) is 2.23. The lowest BCUT2D eigenvalue weighted by Gasteiger charge is -2.20. The highest BCUT2D eigenvalue weighted by molar-refractivity contribution is 7.10. The Bertz CT molecular complexity index is 496. The van der Waals surface area contributed by atoms with Gasteiger partial charge in [-0.15, -0.1) is 11.3 Å². The van der Waals surface area contributed by atoms with Gasteiger partial charge in [-0.1, -0.05) is 36.4 Å². The predicted octanol–water partition coefficient (Wildman–Crippen LogP) is 3.84. The third-order valence-corrected chi connectivity index (χ3v) is 4.54. The molecule has 0 spiro atoms. The van der Waals surface area contributed by atoms with Crippen molar-refractivity contribution < 1.29 is 4.74 Å². The maximum Gasteiger partial charge on any atom is 0.147 e. The molecule has 2 heterocycles. The maximum atomic E-state index is 6.25. The van der Waals surface area contributed by atoms with Gasteiger partial charge in [0.05, 0.1) is 0 Å². The Morgan fingerprint density at radius 1 is 1.11 bits per heavy atom.